The lowest BCUT2D eigenvalue weighted by Gasteiger charge is -2.40. The highest BCUT2D eigenvalue weighted by Crippen LogP contribution is 2.33. The molecular weight excluding hydrogens is 845 g/mol. The molecule has 8 rings (SSSR count). The fourth-order valence-corrected chi connectivity index (χ4v) is 9.39. The third kappa shape index (κ3) is 12.3. The average molecular weight is 900 g/mol. The Labute approximate surface area is 378 Å². The third-order valence-corrected chi connectivity index (χ3v) is 12.2. The molecule has 3 N–H and O–H groups in total. The molecule has 4 heterocycles. The summed E-state index contributed by atoms with van der Waals surface area (Å²) in [5, 5.41) is 3.77. The number of nitrogens with zero attached hydrogens (tertiary/aromatic N) is 4. The quantitative estimate of drug-likeness (QED) is 0.127. The molecule has 4 fully saturated rings. The molecule has 4 aliphatic heterocycles. The fourth-order valence-electron chi connectivity index (χ4n) is 9.04. The van der Waals surface area contributed by atoms with Crippen LogP contribution in [0.5, 0.6) is 0 Å². The number of nitrogens with two attached hydrogens (primary N) is 1. The lowest BCUT2D eigenvalue weighted by Crippen LogP contribution is -2.55. The maximum absolute atomic E-state index is 13.2. The summed E-state index contributed by atoms with van der Waals surface area (Å²) < 4.78 is 31.6. The van der Waals surface area contributed by atoms with Crippen molar-refractivity contribution in [2.24, 2.45) is 0 Å². The highest BCUT2D eigenvalue weighted by molar-refractivity contribution is 6.31. The first-order valence-electron chi connectivity index (χ1n) is 21.4. The molecule has 4 saturated heterocycles. The molecule has 10 nitrogen and oxygen atoms in total. The van der Waals surface area contributed by atoms with Crippen LogP contribution in [0.25, 0.3) is 12.2 Å². The van der Waals surface area contributed by atoms with Crippen LogP contribution in [0.3, 0.4) is 0 Å². The monoisotopic (exact) mass is 898 g/mol. The lowest BCUT2D eigenvalue weighted by molar-refractivity contribution is -0.132. The Morgan fingerprint density at radius 1 is 0.667 bits per heavy atom. The number of halogens is 4. The molecule has 14 heteroatoms. The normalized spacial score (nSPS) is 21.1. The fraction of sp³-hybridized carbons (Fsp3) is 0.367. The van der Waals surface area contributed by atoms with E-state index in [1.165, 1.54) is 24.3 Å². The van der Waals surface area contributed by atoms with E-state index in [0.29, 0.717) is 27.0 Å². The molecule has 0 radical (unpaired) electrons. The molecule has 4 bridgehead atoms. The number of nitrogen functional groups attached to an aromatic ring is 1. The van der Waals surface area contributed by atoms with Gasteiger partial charge in [0.15, 0.2) is 0 Å². The summed E-state index contributed by atoms with van der Waals surface area (Å²) in [6.45, 7) is 10.2. The van der Waals surface area contributed by atoms with E-state index in [9.17, 15) is 23.2 Å². The molecule has 63 heavy (non-hydrogen) atoms. The predicted molar refractivity (Wildman–Crippen MR) is 246 cm³/mol. The number of fused-ring (bicyclic) bond motifs is 4. The van der Waals surface area contributed by atoms with Crippen LogP contribution in [0.4, 0.5) is 25.0 Å². The first-order chi connectivity index (χ1) is 30.1. The maximum atomic E-state index is 13.2. The summed E-state index contributed by atoms with van der Waals surface area (Å²) in [5.41, 5.74) is 9.98. The van der Waals surface area contributed by atoms with Crippen molar-refractivity contribution in [3.8, 4) is 0 Å². The van der Waals surface area contributed by atoms with E-state index in [-0.39, 0.29) is 47.6 Å². The Hall–Kier alpha value is -5.27. The molecule has 3 amide bonds. The molecule has 0 aliphatic carbocycles. The molecule has 0 spiro atoms. The van der Waals surface area contributed by atoms with Gasteiger partial charge < -0.3 is 20.3 Å². The molecule has 332 valence electrons. The van der Waals surface area contributed by atoms with Crippen molar-refractivity contribution in [1.82, 2.24) is 19.6 Å². The number of anilines is 2. The Morgan fingerprint density at radius 3 is 1.51 bits per heavy atom. The van der Waals surface area contributed by atoms with E-state index in [4.69, 9.17) is 33.7 Å². The number of carbonyl (C=O) groups excluding carboxylic acids is 3. The summed E-state index contributed by atoms with van der Waals surface area (Å²) in [4.78, 5) is 46.9. The Morgan fingerprint density at radius 2 is 1.08 bits per heavy atom. The predicted octanol–water partition coefficient (Wildman–Crippen LogP) is 9.66. The third-order valence-electron chi connectivity index (χ3n) is 11.8. The van der Waals surface area contributed by atoms with Crippen LogP contribution >= 0.6 is 23.2 Å². The molecule has 0 saturated carbocycles. The van der Waals surface area contributed by atoms with Crippen LogP contribution in [0.2, 0.25) is 10.0 Å². The maximum Gasteiger partial charge on any atom is 0.412 e. The van der Waals surface area contributed by atoms with Gasteiger partial charge in [-0.1, -0.05) is 59.6 Å². The molecular formula is C49H54Cl2F2N6O4. The largest absolute Gasteiger partial charge is 0.444 e. The van der Waals surface area contributed by atoms with Crippen LogP contribution in [-0.2, 0) is 27.4 Å². The number of hydrogen-bond donors (Lipinski definition) is 2. The summed E-state index contributed by atoms with van der Waals surface area (Å²) >= 11 is 12.1. The second-order valence-electron chi connectivity index (χ2n) is 17.7. The van der Waals surface area contributed by atoms with E-state index in [2.05, 4.69) is 15.1 Å². The summed E-state index contributed by atoms with van der Waals surface area (Å²) in [5.74, 6) is -0.464. The van der Waals surface area contributed by atoms with Crippen LogP contribution < -0.4 is 11.1 Å². The number of rotatable bonds is 9. The summed E-state index contributed by atoms with van der Waals surface area (Å²) in [6.07, 6.45) is 10.0. The van der Waals surface area contributed by atoms with Gasteiger partial charge in [-0.15, -0.1) is 0 Å². The number of likely N-dealkylation sites (tertiary alicyclic amines) is 2. The highest BCUT2D eigenvalue weighted by atomic mass is 35.5. The van der Waals surface area contributed by atoms with Gasteiger partial charge in [0.1, 0.15) is 17.2 Å². The van der Waals surface area contributed by atoms with E-state index in [1.54, 1.807) is 75.4 Å². The summed E-state index contributed by atoms with van der Waals surface area (Å²) in [7, 11) is 0. The van der Waals surface area contributed by atoms with Gasteiger partial charge in [0.05, 0.1) is 5.69 Å². The smallest absolute Gasteiger partial charge is 0.412 e. The molecule has 0 aromatic heterocycles. The number of nitrogens with one attached hydrogen (secondary N) is 1. The van der Waals surface area contributed by atoms with Crippen LogP contribution in [0, 0.1) is 11.6 Å². The number of amides is 3. The van der Waals surface area contributed by atoms with Crippen molar-refractivity contribution >= 4 is 64.6 Å². The van der Waals surface area contributed by atoms with Crippen molar-refractivity contribution in [2.45, 2.75) is 89.3 Å². The Balaban J connectivity index is 0.000000193. The standard InChI is InChI=1S/C27H31ClFN3O3.C22H23ClFN3O/c1-27(2,3)35-26(34)30-24-14-20(28)8-6-19(24)7-13-25(33)32-22-11-12-23(32)17-31(16-22)15-18-4-9-21(29)10-5-18;23-17-5-3-16(21(25)11-17)4-10-22(28)27-19-8-9-20(27)14-26(13-19)12-15-1-6-18(24)7-2-15/h4-10,13-14,22-23H,11-12,15-17H2,1-3H3,(H,30,34);1-7,10-11,19-20H,8-9,12-14,25H2/b13-7+;10-4+. The molecule has 4 atom stereocenters. The number of ether oxygens (including phenoxy) is 1. The molecule has 4 unspecified atom stereocenters. The Kier molecular flexibility index (Phi) is 14.6. The van der Waals surface area contributed by atoms with Crippen LogP contribution in [-0.4, -0.2) is 93.5 Å². The van der Waals surface area contributed by atoms with Crippen molar-refractivity contribution in [1.29, 1.82) is 0 Å². The van der Waals surface area contributed by atoms with E-state index >= 15 is 0 Å². The minimum Gasteiger partial charge on any atom is -0.444 e. The second-order valence-corrected chi connectivity index (χ2v) is 18.6. The minimum absolute atomic E-state index is 0.0308. The topological polar surface area (TPSA) is 111 Å². The van der Waals surface area contributed by atoms with E-state index < -0.39 is 11.7 Å². The zero-order chi connectivity index (χ0) is 44.8. The first kappa shape index (κ1) is 45.7. The SMILES string of the molecule is CC(C)(C)OC(=O)Nc1cc(Cl)ccc1/C=C/C(=O)N1C2CCC1CN(Cc1ccc(F)cc1)C2.Nc1cc(Cl)ccc1/C=C/C(=O)N1C2CCC1CN(Cc1ccc(F)cc1)C2. The van der Waals surface area contributed by atoms with Gasteiger partial charge in [-0.25, -0.2) is 13.6 Å². The number of piperazine rings is 2. The first-order valence-corrected chi connectivity index (χ1v) is 22.1. The van der Waals surface area contributed by atoms with Crippen LogP contribution in [0.1, 0.15) is 68.7 Å². The van der Waals surface area contributed by atoms with Gasteiger partial charge in [0, 0.05) is 91.3 Å². The van der Waals surface area contributed by atoms with Gasteiger partial charge in [-0.2, -0.15) is 0 Å². The second kappa shape index (κ2) is 20.1. The highest BCUT2D eigenvalue weighted by Gasteiger charge is 2.43. The van der Waals surface area contributed by atoms with Gasteiger partial charge in [0.2, 0.25) is 11.8 Å². The van der Waals surface area contributed by atoms with E-state index in [0.717, 1.165) is 81.6 Å². The van der Waals surface area contributed by atoms with Crippen molar-refractivity contribution < 1.29 is 27.9 Å². The van der Waals surface area contributed by atoms with Gasteiger partial charge in [-0.05, 0) is 129 Å². The zero-order valence-electron chi connectivity index (χ0n) is 35.8. The number of carbonyl (C=O) groups is 3. The number of benzene rings is 4. The molecule has 4 aromatic carbocycles. The van der Waals surface area contributed by atoms with Crippen molar-refractivity contribution in [3.05, 3.63) is 141 Å². The van der Waals surface area contributed by atoms with E-state index in [1.807, 2.05) is 40.1 Å². The lowest BCUT2D eigenvalue weighted by atomic mass is 10.1. The van der Waals surface area contributed by atoms with Gasteiger partial charge in [-0.3, -0.25) is 24.7 Å². The molecule has 4 aromatic rings. The summed E-state index contributed by atoms with van der Waals surface area (Å²) in [6, 6.07) is 24.3. The van der Waals surface area contributed by atoms with Gasteiger partial charge >= 0.3 is 6.09 Å². The zero-order valence-corrected chi connectivity index (χ0v) is 37.3. The minimum atomic E-state index is -0.632. The van der Waals surface area contributed by atoms with Gasteiger partial charge in [0.25, 0.3) is 0 Å². The van der Waals surface area contributed by atoms with Crippen molar-refractivity contribution in [2.75, 3.05) is 37.2 Å². The Bertz CT molecular complexity index is 2310. The van der Waals surface area contributed by atoms with Crippen LogP contribution in [0.15, 0.2) is 97.1 Å². The average Bonchev–Trinajstić information content (AvgIpc) is 3.66. The molecule has 4 aliphatic rings. The number of hydrogen-bond acceptors (Lipinski definition) is 7. The van der Waals surface area contributed by atoms with Crippen molar-refractivity contribution in [3.63, 3.8) is 0 Å².